The van der Waals surface area contributed by atoms with Gasteiger partial charge in [-0.05, 0) is 55.3 Å². The van der Waals surface area contributed by atoms with Gasteiger partial charge in [0, 0.05) is 42.7 Å². The summed E-state index contributed by atoms with van der Waals surface area (Å²) in [6, 6.07) is 14.5. The summed E-state index contributed by atoms with van der Waals surface area (Å²) in [5, 5.41) is 6.83. The Morgan fingerprint density at radius 1 is 1.13 bits per heavy atom. The molecule has 1 aromatic heterocycles. The van der Waals surface area contributed by atoms with E-state index in [9.17, 15) is 9.59 Å². The van der Waals surface area contributed by atoms with Crippen LogP contribution in [0.3, 0.4) is 0 Å². The van der Waals surface area contributed by atoms with Crippen LogP contribution >= 0.6 is 0 Å². The maximum Gasteiger partial charge on any atom is 0.253 e. The molecule has 1 aliphatic rings. The van der Waals surface area contributed by atoms with E-state index in [1.54, 1.807) is 31.4 Å². The molecule has 0 unspecified atom stereocenters. The topological polar surface area (TPSA) is 97.6 Å². The number of carbonyl (C=O) groups is 2. The Morgan fingerprint density at radius 3 is 2.55 bits per heavy atom. The van der Waals surface area contributed by atoms with Gasteiger partial charge in [0.15, 0.2) is 0 Å². The number of hydrogen-bond acceptors (Lipinski definition) is 6. The number of anilines is 1. The quantitative estimate of drug-likeness (QED) is 0.676. The van der Waals surface area contributed by atoms with Crippen molar-refractivity contribution in [2.45, 2.75) is 25.7 Å². The lowest BCUT2D eigenvalue weighted by Crippen LogP contribution is -2.38. The molecule has 0 aliphatic carbocycles. The van der Waals surface area contributed by atoms with Crippen molar-refractivity contribution in [1.29, 1.82) is 0 Å². The average Bonchev–Trinajstić information content (AvgIpc) is 3.29. The Morgan fingerprint density at radius 2 is 1.87 bits per heavy atom. The van der Waals surface area contributed by atoms with Crippen LogP contribution in [0.2, 0.25) is 0 Å². The maximum atomic E-state index is 12.8. The number of nitrogens with zero attached hydrogens (tertiary/aromatic N) is 3. The van der Waals surface area contributed by atoms with Crippen molar-refractivity contribution in [2.75, 3.05) is 25.5 Å². The number of amides is 2. The van der Waals surface area contributed by atoms with E-state index in [0.717, 1.165) is 18.4 Å². The number of hydrogen-bond donors (Lipinski definition) is 1. The first-order valence-electron chi connectivity index (χ1n) is 10.2. The predicted octanol–water partition coefficient (Wildman–Crippen LogP) is 3.72. The number of piperidine rings is 1. The highest BCUT2D eigenvalue weighted by Gasteiger charge is 2.28. The van der Waals surface area contributed by atoms with Crippen molar-refractivity contribution in [3.05, 3.63) is 60.0 Å². The maximum absolute atomic E-state index is 12.8. The summed E-state index contributed by atoms with van der Waals surface area (Å²) >= 11 is 0. The summed E-state index contributed by atoms with van der Waals surface area (Å²) < 4.78 is 10.7. The molecule has 1 fully saturated rings. The van der Waals surface area contributed by atoms with E-state index < -0.39 is 0 Å². The zero-order valence-electron chi connectivity index (χ0n) is 17.5. The zero-order chi connectivity index (χ0) is 21.8. The Kier molecular flexibility index (Phi) is 5.97. The number of ether oxygens (including phenoxy) is 1. The minimum atomic E-state index is -0.120. The van der Waals surface area contributed by atoms with Gasteiger partial charge in [0.1, 0.15) is 5.75 Å². The van der Waals surface area contributed by atoms with E-state index in [-0.39, 0.29) is 17.7 Å². The van der Waals surface area contributed by atoms with Gasteiger partial charge in [-0.3, -0.25) is 9.59 Å². The molecule has 2 aromatic carbocycles. The van der Waals surface area contributed by atoms with Crippen LogP contribution in [0.5, 0.6) is 5.75 Å². The second-order valence-corrected chi connectivity index (χ2v) is 7.51. The van der Waals surface area contributed by atoms with Crippen molar-refractivity contribution in [2.24, 2.45) is 0 Å². The summed E-state index contributed by atoms with van der Waals surface area (Å²) in [7, 11) is 1.59. The van der Waals surface area contributed by atoms with E-state index in [1.807, 2.05) is 29.2 Å². The molecule has 2 heterocycles. The molecule has 2 amide bonds. The number of benzene rings is 2. The SMILES string of the molecule is COc1cccc(C(=O)N2CCC(c3nc(-c4ccc(NC(C)=O)cc4)no3)CC2)c1. The summed E-state index contributed by atoms with van der Waals surface area (Å²) in [5.74, 6) is 1.78. The van der Waals surface area contributed by atoms with E-state index in [0.29, 0.717) is 41.8 Å². The van der Waals surface area contributed by atoms with Gasteiger partial charge in [0.25, 0.3) is 5.91 Å². The van der Waals surface area contributed by atoms with Crippen molar-refractivity contribution in [3.8, 4) is 17.1 Å². The van der Waals surface area contributed by atoms with Crippen molar-refractivity contribution in [3.63, 3.8) is 0 Å². The smallest absolute Gasteiger partial charge is 0.253 e. The van der Waals surface area contributed by atoms with E-state index in [4.69, 9.17) is 9.26 Å². The first kappa shape index (κ1) is 20.6. The van der Waals surface area contributed by atoms with Gasteiger partial charge in [-0.2, -0.15) is 4.98 Å². The van der Waals surface area contributed by atoms with Crippen LogP contribution in [0.4, 0.5) is 5.69 Å². The van der Waals surface area contributed by atoms with Crippen LogP contribution in [-0.4, -0.2) is 47.1 Å². The van der Waals surface area contributed by atoms with E-state index in [2.05, 4.69) is 15.5 Å². The zero-order valence-corrected chi connectivity index (χ0v) is 17.5. The molecular weight excluding hydrogens is 396 g/mol. The number of likely N-dealkylation sites (tertiary alicyclic amines) is 1. The van der Waals surface area contributed by atoms with Gasteiger partial charge in [0.05, 0.1) is 7.11 Å². The van der Waals surface area contributed by atoms with Gasteiger partial charge < -0.3 is 19.5 Å². The number of aromatic nitrogens is 2. The van der Waals surface area contributed by atoms with Gasteiger partial charge >= 0.3 is 0 Å². The summed E-state index contributed by atoms with van der Waals surface area (Å²) in [4.78, 5) is 30.3. The standard InChI is InChI=1S/C23H24N4O4/c1-15(28)24-19-8-6-16(7-9-19)21-25-22(31-26-21)17-10-12-27(13-11-17)23(29)18-4-3-5-20(14-18)30-2/h3-9,14,17H,10-13H2,1-2H3,(H,24,28). The normalized spacial score (nSPS) is 14.3. The number of methoxy groups -OCH3 is 1. The average molecular weight is 420 g/mol. The monoisotopic (exact) mass is 420 g/mol. The fourth-order valence-corrected chi connectivity index (χ4v) is 3.69. The molecule has 1 saturated heterocycles. The molecule has 31 heavy (non-hydrogen) atoms. The lowest BCUT2D eigenvalue weighted by molar-refractivity contribution is -0.114. The molecule has 1 N–H and O–H groups in total. The highest BCUT2D eigenvalue weighted by molar-refractivity contribution is 5.94. The van der Waals surface area contributed by atoms with E-state index >= 15 is 0 Å². The molecule has 8 nitrogen and oxygen atoms in total. The second kappa shape index (κ2) is 8.99. The highest BCUT2D eigenvalue weighted by Crippen LogP contribution is 2.29. The van der Waals surface area contributed by atoms with Gasteiger partial charge in [0.2, 0.25) is 17.6 Å². The van der Waals surface area contributed by atoms with Crippen molar-refractivity contribution >= 4 is 17.5 Å². The largest absolute Gasteiger partial charge is 0.497 e. The molecule has 0 spiro atoms. The molecular formula is C23H24N4O4. The van der Waals surface area contributed by atoms with Crippen LogP contribution in [0, 0.1) is 0 Å². The second-order valence-electron chi connectivity index (χ2n) is 7.51. The van der Waals surface area contributed by atoms with Crippen LogP contribution in [0.1, 0.15) is 41.9 Å². The Bertz CT molecular complexity index is 1070. The van der Waals surface area contributed by atoms with Crippen LogP contribution < -0.4 is 10.1 Å². The molecule has 0 atom stereocenters. The Labute approximate surface area is 180 Å². The van der Waals surface area contributed by atoms with Crippen molar-refractivity contribution in [1.82, 2.24) is 15.0 Å². The third-order valence-electron chi connectivity index (χ3n) is 5.35. The molecule has 0 bridgehead atoms. The molecule has 0 radical (unpaired) electrons. The molecule has 160 valence electrons. The molecule has 4 rings (SSSR count). The minimum Gasteiger partial charge on any atom is -0.497 e. The van der Waals surface area contributed by atoms with Gasteiger partial charge in [-0.25, -0.2) is 0 Å². The van der Waals surface area contributed by atoms with Crippen molar-refractivity contribution < 1.29 is 18.8 Å². The lowest BCUT2D eigenvalue weighted by atomic mass is 9.96. The number of rotatable bonds is 5. The number of carbonyl (C=O) groups excluding carboxylic acids is 2. The third-order valence-corrected chi connectivity index (χ3v) is 5.35. The van der Waals surface area contributed by atoms with E-state index in [1.165, 1.54) is 6.92 Å². The van der Waals surface area contributed by atoms with Crippen LogP contribution in [-0.2, 0) is 4.79 Å². The fourth-order valence-electron chi connectivity index (χ4n) is 3.69. The first-order valence-corrected chi connectivity index (χ1v) is 10.2. The van der Waals surface area contributed by atoms with Crippen LogP contribution in [0.25, 0.3) is 11.4 Å². The fraction of sp³-hybridized carbons (Fsp3) is 0.304. The van der Waals surface area contributed by atoms with Gasteiger partial charge in [-0.15, -0.1) is 0 Å². The summed E-state index contributed by atoms with van der Waals surface area (Å²) in [6.45, 7) is 2.72. The minimum absolute atomic E-state index is 0.00262. The highest BCUT2D eigenvalue weighted by atomic mass is 16.5. The predicted molar refractivity (Wildman–Crippen MR) is 115 cm³/mol. The van der Waals surface area contributed by atoms with Crippen LogP contribution in [0.15, 0.2) is 53.1 Å². The molecule has 1 aliphatic heterocycles. The van der Waals surface area contributed by atoms with Gasteiger partial charge in [-0.1, -0.05) is 11.2 Å². The third kappa shape index (κ3) is 4.74. The summed E-state index contributed by atoms with van der Waals surface area (Å²) in [6.07, 6.45) is 1.53. The molecule has 3 aromatic rings. The lowest BCUT2D eigenvalue weighted by Gasteiger charge is -2.30. The summed E-state index contributed by atoms with van der Waals surface area (Å²) in [5.41, 5.74) is 2.16. The molecule has 0 saturated carbocycles. The Balaban J connectivity index is 1.38. The number of nitrogens with one attached hydrogen (secondary N) is 1. The Hall–Kier alpha value is -3.68. The first-order chi connectivity index (χ1) is 15.0. The molecule has 8 heteroatoms.